The van der Waals surface area contributed by atoms with Gasteiger partial charge in [0, 0.05) is 29.9 Å². The predicted octanol–water partition coefficient (Wildman–Crippen LogP) is 5.29. The number of nitrogens with zero attached hydrogens (tertiary/aromatic N) is 2. The zero-order valence-corrected chi connectivity index (χ0v) is 12.9. The lowest BCUT2D eigenvalue weighted by Crippen LogP contribution is -2.09. The Hall–Kier alpha value is -1.28. The fraction of sp³-hybridized carbons (Fsp3) is 0.471. The van der Waals surface area contributed by atoms with Crippen LogP contribution >= 0.6 is 11.6 Å². The first-order valence-electron chi connectivity index (χ1n) is 7.51. The summed E-state index contributed by atoms with van der Waals surface area (Å²) in [4.78, 5) is 4.13. The molecule has 108 valence electrons. The molecule has 0 aliphatic heterocycles. The Morgan fingerprint density at radius 1 is 1.20 bits per heavy atom. The van der Waals surface area contributed by atoms with Gasteiger partial charge in [0.2, 0.25) is 0 Å². The summed E-state index contributed by atoms with van der Waals surface area (Å²) >= 11 is 6.37. The van der Waals surface area contributed by atoms with E-state index in [9.17, 15) is 0 Å². The van der Waals surface area contributed by atoms with Gasteiger partial charge in [-0.05, 0) is 18.1 Å². The van der Waals surface area contributed by atoms with Gasteiger partial charge in [-0.3, -0.25) is 0 Å². The van der Waals surface area contributed by atoms with E-state index in [2.05, 4.69) is 28.6 Å². The lowest BCUT2D eigenvalue weighted by atomic mass is 9.92. The van der Waals surface area contributed by atoms with Crippen LogP contribution in [0.4, 0.5) is 0 Å². The van der Waals surface area contributed by atoms with E-state index in [1.165, 1.54) is 37.7 Å². The maximum atomic E-state index is 6.37. The van der Waals surface area contributed by atoms with Crippen molar-refractivity contribution in [3.63, 3.8) is 0 Å². The Balaban J connectivity index is 2.05. The molecule has 1 aromatic heterocycles. The van der Waals surface area contributed by atoms with Crippen molar-refractivity contribution in [3.8, 4) is 0 Å². The molecule has 1 unspecified atom stereocenters. The van der Waals surface area contributed by atoms with Crippen LogP contribution in [0.3, 0.4) is 0 Å². The molecule has 1 heterocycles. The number of benzene rings is 1. The van der Waals surface area contributed by atoms with Gasteiger partial charge in [-0.2, -0.15) is 0 Å². The second-order valence-corrected chi connectivity index (χ2v) is 5.73. The highest BCUT2D eigenvalue weighted by Crippen LogP contribution is 2.30. The van der Waals surface area contributed by atoms with Crippen molar-refractivity contribution in [1.29, 1.82) is 0 Å². The van der Waals surface area contributed by atoms with E-state index in [0.717, 1.165) is 11.6 Å². The maximum absolute atomic E-state index is 6.37. The standard InChI is InChI=1S/C17H23ClN2/c1-2-3-4-5-8-15(13-20-12-11-19-14-20)16-9-6-7-10-17(16)18/h6-7,9-12,14-15H,2-5,8,13H2,1H3. The lowest BCUT2D eigenvalue weighted by Gasteiger charge is -2.19. The third kappa shape index (κ3) is 4.38. The molecule has 20 heavy (non-hydrogen) atoms. The molecule has 0 amide bonds. The summed E-state index contributed by atoms with van der Waals surface area (Å²) in [5.74, 6) is 0.467. The van der Waals surface area contributed by atoms with Crippen LogP contribution in [-0.4, -0.2) is 9.55 Å². The molecule has 0 bridgehead atoms. The van der Waals surface area contributed by atoms with E-state index in [0.29, 0.717) is 5.92 Å². The zero-order chi connectivity index (χ0) is 14.2. The fourth-order valence-corrected chi connectivity index (χ4v) is 2.91. The van der Waals surface area contributed by atoms with Gasteiger partial charge in [-0.15, -0.1) is 0 Å². The van der Waals surface area contributed by atoms with E-state index in [4.69, 9.17) is 11.6 Å². The molecule has 0 radical (unpaired) electrons. The quantitative estimate of drug-likeness (QED) is 0.604. The first-order chi connectivity index (χ1) is 9.81. The number of unbranched alkanes of at least 4 members (excludes halogenated alkanes) is 3. The van der Waals surface area contributed by atoms with Gasteiger partial charge in [0.1, 0.15) is 0 Å². The molecule has 0 aliphatic rings. The second kappa shape index (κ2) is 8.11. The summed E-state index contributed by atoms with van der Waals surface area (Å²) in [5.41, 5.74) is 1.26. The predicted molar refractivity (Wildman–Crippen MR) is 85.2 cm³/mol. The highest BCUT2D eigenvalue weighted by Gasteiger charge is 2.14. The van der Waals surface area contributed by atoms with E-state index in [1.807, 2.05) is 30.9 Å². The molecule has 2 rings (SSSR count). The van der Waals surface area contributed by atoms with Crippen LogP contribution < -0.4 is 0 Å². The summed E-state index contributed by atoms with van der Waals surface area (Å²) < 4.78 is 2.15. The van der Waals surface area contributed by atoms with Gasteiger partial charge in [-0.1, -0.05) is 62.4 Å². The fourth-order valence-electron chi connectivity index (χ4n) is 2.62. The first-order valence-corrected chi connectivity index (χ1v) is 7.89. The molecule has 3 heteroatoms. The number of rotatable bonds is 8. The number of hydrogen-bond donors (Lipinski definition) is 0. The van der Waals surface area contributed by atoms with Gasteiger partial charge in [0.05, 0.1) is 6.33 Å². The van der Waals surface area contributed by atoms with Crippen LogP contribution in [0.2, 0.25) is 5.02 Å². The van der Waals surface area contributed by atoms with Crippen molar-refractivity contribution in [2.24, 2.45) is 0 Å². The molecule has 0 N–H and O–H groups in total. The molecule has 0 aliphatic carbocycles. The minimum absolute atomic E-state index is 0.467. The zero-order valence-electron chi connectivity index (χ0n) is 12.1. The third-order valence-corrected chi connectivity index (χ3v) is 4.09. The number of hydrogen-bond acceptors (Lipinski definition) is 1. The van der Waals surface area contributed by atoms with Crippen molar-refractivity contribution in [3.05, 3.63) is 53.6 Å². The number of halogens is 1. The van der Waals surface area contributed by atoms with E-state index >= 15 is 0 Å². The monoisotopic (exact) mass is 290 g/mol. The minimum Gasteiger partial charge on any atom is -0.337 e. The van der Waals surface area contributed by atoms with Crippen LogP contribution in [-0.2, 0) is 6.54 Å². The normalized spacial score (nSPS) is 12.5. The van der Waals surface area contributed by atoms with Crippen LogP contribution in [0.25, 0.3) is 0 Å². The first kappa shape index (κ1) is 15.1. The van der Waals surface area contributed by atoms with E-state index < -0.39 is 0 Å². The summed E-state index contributed by atoms with van der Waals surface area (Å²) in [6.45, 7) is 3.20. The van der Waals surface area contributed by atoms with Crippen molar-refractivity contribution >= 4 is 11.6 Å². The van der Waals surface area contributed by atoms with Crippen molar-refractivity contribution in [2.75, 3.05) is 0 Å². The Morgan fingerprint density at radius 2 is 2.05 bits per heavy atom. The number of imidazole rings is 1. The molecule has 0 saturated heterocycles. The van der Waals surface area contributed by atoms with Gasteiger partial charge in [0.25, 0.3) is 0 Å². The van der Waals surface area contributed by atoms with E-state index in [-0.39, 0.29) is 0 Å². The van der Waals surface area contributed by atoms with Crippen LogP contribution in [0.1, 0.15) is 50.5 Å². The summed E-state index contributed by atoms with van der Waals surface area (Å²) in [6.07, 6.45) is 12.1. The van der Waals surface area contributed by atoms with Crippen LogP contribution in [0, 0.1) is 0 Å². The summed E-state index contributed by atoms with van der Waals surface area (Å²) in [6, 6.07) is 8.22. The third-order valence-electron chi connectivity index (χ3n) is 3.74. The van der Waals surface area contributed by atoms with Gasteiger partial charge < -0.3 is 4.57 Å². The highest BCUT2D eigenvalue weighted by molar-refractivity contribution is 6.31. The molecule has 1 atom stereocenters. The van der Waals surface area contributed by atoms with Crippen molar-refractivity contribution in [2.45, 2.75) is 51.5 Å². The molecule has 2 aromatic rings. The molecule has 2 nitrogen and oxygen atoms in total. The van der Waals surface area contributed by atoms with Crippen LogP contribution in [0.15, 0.2) is 43.0 Å². The van der Waals surface area contributed by atoms with E-state index in [1.54, 1.807) is 0 Å². The Bertz CT molecular complexity index is 493. The van der Waals surface area contributed by atoms with Crippen LogP contribution in [0.5, 0.6) is 0 Å². The maximum Gasteiger partial charge on any atom is 0.0946 e. The average molecular weight is 291 g/mol. The molecular formula is C17H23ClN2. The van der Waals surface area contributed by atoms with Crippen molar-refractivity contribution in [1.82, 2.24) is 9.55 Å². The second-order valence-electron chi connectivity index (χ2n) is 5.33. The van der Waals surface area contributed by atoms with Gasteiger partial charge >= 0.3 is 0 Å². The van der Waals surface area contributed by atoms with Gasteiger partial charge in [0.15, 0.2) is 0 Å². The molecule has 0 fully saturated rings. The average Bonchev–Trinajstić information content (AvgIpc) is 2.96. The Kier molecular flexibility index (Phi) is 6.13. The SMILES string of the molecule is CCCCCCC(Cn1ccnc1)c1ccccc1Cl. The number of aromatic nitrogens is 2. The highest BCUT2D eigenvalue weighted by atomic mass is 35.5. The Labute approximate surface area is 126 Å². The largest absolute Gasteiger partial charge is 0.337 e. The molecular weight excluding hydrogens is 268 g/mol. The smallest absolute Gasteiger partial charge is 0.0946 e. The topological polar surface area (TPSA) is 17.8 Å². The molecule has 0 spiro atoms. The summed E-state index contributed by atoms with van der Waals surface area (Å²) in [7, 11) is 0. The minimum atomic E-state index is 0.467. The molecule has 0 saturated carbocycles. The summed E-state index contributed by atoms with van der Waals surface area (Å²) in [5, 5.41) is 0.883. The molecule has 1 aromatic carbocycles. The lowest BCUT2D eigenvalue weighted by molar-refractivity contribution is 0.492. The Morgan fingerprint density at radius 3 is 2.75 bits per heavy atom. The van der Waals surface area contributed by atoms with Crippen molar-refractivity contribution < 1.29 is 0 Å². The van der Waals surface area contributed by atoms with Gasteiger partial charge in [-0.25, -0.2) is 4.98 Å².